The van der Waals surface area contributed by atoms with E-state index in [4.69, 9.17) is 0 Å². The van der Waals surface area contributed by atoms with Gasteiger partial charge < -0.3 is 2.85 Å². The van der Waals surface area contributed by atoms with Crippen LogP contribution in [0, 0.1) is 0 Å². The first kappa shape index (κ1) is 13.7. The van der Waals surface area contributed by atoms with Gasteiger partial charge in [-0.15, -0.1) is 0 Å². The number of rotatable bonds is 2. The molecular formula is C22H18Hf. The topological polar surface area (TPSA) is 0 Å². The Hall–Kier alpha value is -1.73. The molecule has 0 aromatic heterocycles. The molecule has 23 heavy (non-hydrogen) atoms. The van der Waals surface area contributed by atoms with Gasteiger partial charge >= 0.3 is 149 Å². The van der Waals surface area contributed by atoms with Gasteiger partial charge in [-0.25, -0.2) is 0 Å². The van der Waals surface area contributed by atoms with Crippen molar-refractivity contribution in [3.63, 3.8) is 0 Å². The molecule has 0 aliphatic heterocycles. The van der Waals surface area contributed by atoms with Gasteiger partial charge in [-0.2, -0.15) is 0 Å². The second-order valence-electron chi connectivity index (χ2n) is 6.28. The van der Waals surface area contributed by atoms with E-state index in [1.54, 1.807) is 14.4 Å². The number of allylic oxidation sites excluding steroid dienone is 1. The zero-order valence-electron chi connectivity index (χ0n) is 14.8. The Morgan fingerprint density at radius 3 is 2.65 bits per heavy atom. The molecule has 0 fully saturated rings. The molecule has 0 radical (unpaired) electrons. The van der Waals surface area contributed by atoms with Crippen LogP contribution in [0.25, 0.3) is 17.2 Å². The predicted molar refractivity (Wildman–Crippen MR) is 94.8 cm³/mol. The average Bonchev–Trinajstić information content (AvgIpc) is 3.17. The summed E-state index contributed by atoms with van der Waals surface area (Å²) < 4.78 is 2.41. The minimum Gasteiger partial charge on any atom is -1.00 e. The Labute approximate surface area is 151 Å². The second-order valence-corrected chi connectivity index (χ2v) is 11.5. The van der Waals surface area contributed by atoms with Crippen molar-refractivity contribution in [2.75, 3.05) is 0 Å². The summed E-state index contributed by atoms with van der Waals surface area (Å²) in [7, 11) is 0. The zero-order chi connectivity index (χ0) is 15.2. The fourth-order valence-electron chi connectivity index (χ4n) is 3.84. The van der Waals surface area contributed by atoms with Crippen LogP contribution in [0.1, 0.15) is 28.8 Å². The third kappa shape index (κ3) is 2.21. The van der Waals surface area contributed by atoms with E-state index in [1.165, 1.54) is 22.3 Å². The van der Waals surface area contributed by atoms with E-state index in [-0.39, 0.29) is 2.85 Å². The molecular weight excluding hydrogens is 443 g/mol. The van der Waals surface area contributed by atoms with Crippen molar-refractivity contribution < 1.29 is 25.8 Å². The van der Waals surface area contributed by atoms with Gasteiger partial charge in [0.15, 0.2) is 0 Å². The molecule has 1 heteroatoms. The van der Waals surface area contributed by atoms with Crippen LogP contribution < -0.4 is 3.32 Å². The maximum absolute atomic E-state index is 2.45. The Balaban J connectivity index is 0.000000911. The van der Waals surface area contributed by atoms with E-state index in [0.717, 1.165) is 6.42 Å². The average molecular weight is 461 g/mol. The first-order valence-corrected chi connectivity index (χ1v) is 12.0. The number of hydrogen-bond donors (Lipinski definition) is 0. The number of fused-ring (bicyclic) bond motifs is 4. The molecule has 0 heterocycles. The molecule has 3 aromatic rings. The zero-order valence-corrected chi connectivity index (χ0v) is 16.4. The summed E-state index contributed by atoms with van der Waals surface area (Å²) in [5.74, 6) is 0. The van der Waals surface area contributed by atoms with Crippen LogP contribution >= 0.6 is 0 Å². The predicted octanol–water partition coefficient (Wildman–Crippen LogP) is 4.96. The summed E-state index contributed by atoms with van der Waals surface area (Å²) in [4.78, 5) is 0. The van der Waals surface area contributed by atoms with Crippen molar-refractivity contribution >= 4 is 9.40 Å². The van der Waals surface area contributed by atoms with Crippen LogP contribution in [0.15, 0.2) is 72.8 Å². The quantitative estimate of drug-likeness (QED) is 0.371. The fourth-order valence-corrected chi connectivity index (χ4v) is 9.35. The van der Waals surface area contributed by atoms with Gasteiger partial charge in [0.1, 0.15) is 0 Å². The van der Waals surface area contributed by atoms with Gasteiger partial charge in [0.2, 0.25) is 0 Å². The molecule has 0 saturated carbocycles. The Bertz CT molecular complexity index is 946. The van der Waals surface area contributed by atoms with Crippen molar-refractivity contribution in [1.29, 1.82) is 0 Å². The summed E-state index contributed by atoms with van der Waals surface area (Å²) in [5.41, 5.74) is 9.05. The minimum atomic E-state index is -0.954. The molecule has 2 aliphatic carbocycles. The van der Waals surface area contributed by atoms with Gasteiger partial charge in [-0.3, -0.25) is 0 Å². The van der Waals surface area contributed by atoms with Gasteiger partial charge in [0.25, 0.3) is 0 Å². The summed E-state index contributed by atoms with van der Waals surface area (Å²) in [6.07, 6.45) is 5.91. The third-order valence-corrected chi connectivity index (χ3v) is 10.7. The molecule has 1 unspecified atom stereocenters. The van der Waals surface area contributed by atoms with Crippen molar-refractivity contribution in [1.82, 2.24) is 0 Å². The molecule has 0 amide bonds. The molecule has 5 rings (SSSR count). The smallest absolute Gasteiger partial charge is 1.00 e. The summed E-state index contributed by atoms with van der Waals surface area (Å²) in [5, 5.41) is 0. The van der Waals surface area contributed by atoms with Gasteiger partial charge in [-0.05, 0) is 0 Å². The first-order chi connectivity index (χ1) is 11.4. The SMILES string of the molecule is C1=C[CH]([Hf+2][c]2cccc3c2Cc2ccccc2-3)c2ccccc21.[H-].[H-]. The van der Waals surface area contributed by atoms with Crippen molar-refractivity contribution in [2.24, 2.45) is 0 Å². The molecule has 0 saturated heterocycles. The normalized spacial score (nSPS) is 16.6. The van der Waals surface area contributed by atoms with Crippen LogP contribution in [-0.2, 0) is 29.3 Å². The summed E-state index contributed by atoms with van der Waals surface area (Å²) >= 11 is -0.954. The van der Waals surface area contributed by atoms with E-state index < -0.39 is 22.9 Å². The maximum atomic E-state index is 2.45. The van der Waals surface area contributed by atoms with Gasteiger partial charge in [0, 0.05) is 0 Å². The molecule has 1 atom stereocenters. The van der Waals surface area contributed by atoms with Gasteiger partial charge in [0.05, 0.1) is 0 Å². The molecule has 110 valence electrons. The van der Waals surface area contributed by atoms with Crippen LogP contribution in [0.4, 0.5) is 0 Å². The Kier molecular flexibility index (Phi) is 3.22. The van der Waals surface area contributed by atoms with Crippen LogP contribution in [0.2, 0.25) is 0 Å². The van der Waals surface area contributed by atoms with Crippen LogP contribution in [0.3, 0.4) is 0 Å². The maximum Gasteiger partial charge on any atom is -1.00 e. The summed E-state index contributed by atoms with van der Waals surface area (Å²) in [6.45, 7) is 0. The largest absolute Gasteiger partial charge is 1.00 e. The number of benzene rings is 3. The molecule has 0 N–H and O–H groups in total. The standard InChI is InChI=1S/C13H9.C9H7.Hf.2H/c1-3-7-12-10(5-1)9-11-6-2-4-8-13(11)12;1-2-5-9-7-3-6-8(9)4-1;;;/h1-5,7-8H,9H2;1-7H;;;/q;;+2;2*-1. The molecule has 2 aliphatic rings. The van der Waals surface area contributed by atoms with Crippen molar-refractivity contribution in [3.05, 3.63) is 95.1 Å². The molecule has 0 spiro atoms. The molecule has 0 nitrogen and oxygen atoms in total. The van der Waals surface area contributed by atoms with E-state index >= 15 is 0 Å². The first-order valence-electron chi connectivity index (χ1n) is 8.14. The van der Waals surface area contributed by atoms with Crippen molar-refractivity contribution in [3.8, 4) is 11.1 Å². The monoisotopic (exact) mass is 462 g/mol. The third-order valence-electron chi connectivity index (χ3n) is 4.96. The minimum absolute atomic E-state index is 0. The van der Waals surface area contributed by atoms with Crippen LogP contribution in [-0.4, -0.2) is 0 Å². The van der Waals surface area contributed by atoms with E-state index in [0.29, 0.717) is 3.67 Å². The molecule has 3 aromatic carbocycles. The van der Waals surface area contributed by atoms with E-state index in [1.807, 2.05) is 0 Å². The van der Waals surface area contributed by atoms with Crippen LogP contribution in [0.5, 0.6) is 0 Å². The Morgan fingerprint density at radius 2 is 1.65 bits per heavy atom. The van der Waals surface area contributed by atoms with E-state index in [9.17, 15) is 0 Å². The van der Waals surface area contributed by atoms with E-state index in [2.05, 4.69) is 78.9 Å². The second kappa shape index (κ2) is 5.42. The fraction of sp³-hybridized carbons (Fsp3) is 0.0909. The molecule has 0 bridgehead atoms. The Morgan fingerprint density at radius 1 is 0.826 bits per heavy atom. The summed E-state index contributed by atoms with van der Waals surface area (Å²) in [6, 6.07) is 24.8. The van der Waals surface area contributed by atoms with Gasteiger partial charge in [-0.1, -0.05) is 0 Å². The number of hydrogen-bond acceptors (Lipinski definition) is 0. The van der Waals surface area contributed by atoms with Crippen molar-refractivity contribution in [2.45, 2.75) is 10.1 Å².